The van der Waals surface area contributed by atoms with Crippen molar-refractivity contribution in [3.8, 4) is 0 Å². The predicted molar refractivity (Wildman–Crippen MR) is 102 cm³/mol. The number of nitrogens with zero attached hydrogens (tertiary/aromatic N) is 2. The van der Waals surface area contributed by atoms with Gasteiger partial charge in [-0.25, -0.2) is 4.79 Å². The Hall–Kier alpha value is -1.27. The molecule has 132 valence electrons. The first-order chi connectivity index (χ1) is 11.6. The second-order valence-electron chi connectivity index (χ2n) is 7.03. The number of rotatable bonds is 4. The van der Waals surface area contributed by atoms with Crippen molar-refractivity contribution < 1.29 is 4.79 Å². The molecule has 0 spiro atoms. The number of benzene rings is 1. The standard InChI is InChI=1S/C18H27BrN4O/c1-22-9-2-3-16(13-22)21-18(24)20-11-14-8-10-23(12-14)17-6-4-15(19)5-7-17/h4-7,14,16H,2-3,8-13H2,1H3,(H2,20,21,24). The van der Waals surface area contributed by atoms with Gasteiger partial charge in [-0.15, -0.1) is 0 Å². The van der Waals surface area contributed by atoms with Crippen LogP contribution in [0.25, 0.3) is 0 Å². The lowest BCUT2D eigenvalue weighted by Gasteiger charge is -2.30. The number of nitrogens with one attached hydrogen (secondary N) is 2. The van der Waals surface area contributed by atoms with Gasteiger partial charge in [0.15, 0.2) is 0 Å². The lowest BCUT2D eigenvalue weighted by Crippen LogP contribution is -2.50. The zero-order valence-electron chi connectivity index (χ0n) is 14.3. The number of likely N-dealkylation sites (tertiary alicyclic amines) is 1. The topological polar surface area (TPSA) is 47.6 Å². The summed E-state index contributed by atoms with van der Waals surface area (Å²) in [5.41, 5.74) is 1.26. The molecule has 2 aliphatic heterocycles. The molecule has 2 unspecified atom stereocenters. The van der Waals surface area contributed by atoms with Crippen molar-refractivity contribution in [3.63, 3.8) is 0 Å². The molecule has 24 heavy (non-hydrogen) atoms. The highest BCUT2D eigenvalue weighted by molar-refractivity contribution is 9.10. The maximum atomic E-state index is 12.1. The van der Waals surface area contributed by atoms with Crippen LogP contribution >= 0.6 is 15.9 Å². The third-order valence-corrected chi connectivity index (χ3v) is 5.52. The van der Waals surface area contributed by atoms with Crippen molar-refractivity contribution in [2.75, 3.05) is 44.7 Å². The molecule has 0 aliphatic carbocycles. The molecule has 3 rings (SSSR count). The van der Waals surface area contributed by atoms with E-state index in [1.807, 2.05) is 0 Å². The summed E-state index contributed by atoms with van der Waals surface area (Å²) >= 11 is 3.48. The molecule has 2 heterocycles. The molecule has 0 saturated carbocycles. The Morgan fingerprint density at radius 2 is 2.00 bits per heavy atom. The molecule has 2 N–H and O–H groups in total. The number of urea groups is 1. The summed E-state index contributed by atoms with van der Waals surface area (Å²) in [5.74, 6) is 0.522. The van der Waals surface area contributed by atoms with E-state index < -0.39 is 0 Å². The van der Waals surface area contributed by atoms with Gasteiger partial charge in [-0.05, 0) is 63.0 Å². The highest BCUT2D eigenvalue weighted by Gasteiger charge is 2.24. The molecule has 2 saturated heterocycles. The zero-order chi connectivity index (χ0) is 16.9. The fourth-order valence-electron chi connectivity index (χ4n) is 3.64. The third-order valence-electron chi connectivity index (χ3n) is 4.99. The number of amides is 2. The molecule has 1 aromatic rings. The second-order valence-corrected chi connectivity index (χ2v) is 7.95. The third kappa shape index (κ3) is 4.86. The van der Waals surface area contributed by atoms with E-state index in [0.717, 1.165) is 56.5 Å². The average Bonchev–Trinajstić information content (AvgIpc) is 3.03. The summed E-state index contributed by atoms with van der Waals surface area (Å²) < 4.78 is 1.11. The number of likely N-dealkylation sites (N-methyl/N-ethyl adjacent to an activating group) is 1. The molecule has 0 bridgehead atoms. The molecule has 2 fully saturated rings. The van der Waals surface area contributed by atoms with Crippen LogP contribution in [0.5, 0.6) is 0 Å². The Kier molecular flexibility index (Phi) is 6.00. The van der Waals surface area contributed by atoms with Crippen LogP contribution in [-0.2, 0) is 0 Å². The van der Waals surface area contributed by atoms with E-state index in [-0.39, 0.29) is 12.1 Å². The first-order valence-electron chi connectivity index (χ1n) is 8.83. The van der Waals surface area contributed by atoms with Crippen LogP contribution in [0.3, 0.4) is 0 Å². The van der Waals surface area contributed by atoms with Gasteiger partial charge in [0.05, 0.1) is 0 Å². The van der Waals surface area contributed by atoms with Crippen molar-refractivity contribution in [1.29, 1.82) is 0 Å². The molecule has 6 heteroatoms. The molecule has 1 aromatic carbocycles. The molecular formula is C18H27BrN4O. The molecule has 2 aliphatic rings. The van der Waals surface area contributed by atoms with Crippen LogP contribution in [0.1, 0.15) is 19.3 Å². The Labute approximate surface area is 152 Å². The van der Waals surface area contributed by atoms with Gasteiger partial charge >= 0.3 is 6.03 Å². The largest absolute Gasteiger partial charge is 0.371 e. The summed E-state index contributed by atoms with van der Waals surface area (Å²) in [5, 5.41) is 6.18. The minimum Gasteiger partial charge on any atom is -0.371 e. The van der Waals surface area contributed by atoms with Crippen LogP contribution < -0.4 is 15.5 Å². The summed E-state index contributed by atoms with van der Waals surface area (Å²) in [6.45, 7) is 4.90. The molecule has 2 amide bonds. The van der Waals surface area contributed by atoms with Gasteiger partial charge in [0, 0.05) is 42.4 Å². The Balaban J connectivity index is 1.39. The van der Waals surface area contributed by atoms with Crippen molar-refractivity contribution >= 4 is 27.6 Å². The van der Waals surface area contributed by atoms with Gasteiger partial charge in [0.1, 0.15) is 0 Å². The highest BCUT2D eigenvalue weighted by Crippen LogP contribution is 2.24. The van der Waals surface area contributed by atoms with Gasteiger partial charge in [-0.3, -0.25) is 0 Å². The van der Waals surface area contributed by atoms with E-state index in [1.54, 1.807) is 0 Å². The van der Waals surface area contributed by atoms with Crippen LogP contribution in [0.2, 0.25) is 0 Å². The number of anilines is 1. The van der Waals surface area contributed by atoms with E-state index in [0.29, 0.717) is 5.92 Å². The monoisotopic (exact) mass is 394 g/mol. The lowest BCUT2D eigenvalue weighted by atomic mass is 10.1. The van der Waals surface area contributed by atoms with Gasteiger partial charge in [-0.1, -0.05) is 15.9 Å². The number of carbonyl (C=O) groups excluding carboxylic acids is 1. The molecular weight excluding hydrogens is 368 g/mol. The molecule has 5 nitrogen and oxygen atoms in total. The van der Waals surface area contributed by atoms with E-state index in [2.05, 4.69) is 67.7 Å². The molecule has 0 aromatic heterocycles. The number of carbonyl (C=O) groups is 1. The van der Waals surface area contributed by atoms with Crippen molar-refractivity contribution in [1.82, 2.24) is 15.5 Å². The minimum atomic E-state index is -0.0163. The van der Waals surface area contributed by atoms with Gasteiger partial charge < -0.3 is 20.4 Å². The first-order valence-corrected chi connectivity index (χ1v) is 9.63. The van der Waals surface area contributed by atoms with Crippen molar-refractivity contribution in [3.05, 3.63) is 28.7 Å². The van der Waals surface area contributed by atoms with Gasteiger partial charge in [0.25, 0.3) is 0 Å². The van der Waals surface area contributed by atoms with Gasteiger partial charge in [0.2, 0.25) is 0 Å². The summed E-state index contributed by atoms with van der Waals surface area (Å²) in [4.78, 5) is 16.8. The van der Waals surface area contributed by atoms with Crippen LogP contribution in [0.15, 0.2) is 28.7 Å². The average molecular weight is 395 g/mol. The molecule has 0 radical (unpaired) electrons. The Bertz CT molecular complexity index is 550. The van der Waals surface area contributed by atoms with E-state index in [1.165, 1.54) is 5.69 Å². The maximum Gasteiger partial charge on any atom is 0.315 e. The number of hydrogen-bond donors (Lipinski definition) is 2. The minimum absolute atomic E-state index is 0.0163. The first kappa shape index (κ1) is 17.5. The molecule has 2 atom stereocenters. The van der Waals surface area contributed by atoms with E-state index in [9.17, 15) is 4.79 Å². The van der Waals surface area contributed by atoms with Crippen LogP contribution in [0, 0.1) is 5.92 Å². The second kappa shape index (κ2) is 8.21. The van der Waals surface area contributed by atoms with Gasteiger partial charge in [-0.2, -0.15) is 0 Å². The Morgan fingerprint density at radius 1 is 1.21 bits per heavy atom. The van der Waals surface area contributed by atoms with Crippen LogP contribution in [0.4, 0.5) is 10.5 Å². The SMILES string of the molecule is CN1CCCC(NC(=O)NCC2CCN(c3ccc(Br)cc3)C2)C1. The number of halogens is 1. The van der Waals surface area contributed by atoms with Crippen molar-refractivity contribution in [2.24, 2.45) is 5.92 Å². The Morgan fingerprint density at radius 3 is 2.75 bits per heavy atom. The highest BCUT2D eigenvalue weighted by atomic mass is 79.9. The summed E-state index contributed by atoms with van der Waals surface area (Å²) in [7, 11) is 2.11. The summed E-state index contributed by atoms with van der Waals surface area (Å²) in [6, 6.07) is 8.72. The van der Waals surface area contributed by atoms with Crippen LogP contribution in [-0.4, -0.2) is 56.7 Å². The van der Waals surface area contributed by atoms with E-state index >= 15 is 0 Å². The maximum absolute atomic E-state index is 12.1. The van der Waals surface area contributed by atoms with E-state index in [4.69, 9.17) is 0 Å². The fraction of sp³-hybridized carbons (Fsp3) is 0.611. The van der Waals surface area contributed by atoms with Crippen molar-refractivity contribution in [2.45, 2.75) is 25.3 Å². The number of piperidine rings is 1. The lowest BCUT2D eigenvalue weighted by molar-refractivity contribution is 0.208. The quantitative estimate of drug-likeness (QED) is 0.824. The predicted octanol–water partition coefficient (Wildman–Crippen LogP) is 2.67. The summed E-state index contributed by atoms with van der Waals surface area (Å²) in [6.07, 6.45) is 3.37. The normalized spacial score (nSPS) is 24.8. The number of hydrogen-bond acceptors (Lipinski definition) is 3. The smallest absolute Gasteiger partial charge is 0.315 e. The zero-order valence-corrected chi connectivity index (χ0v) is 15.9. The fourth-order valence-corrected chi connectivity index (χ4v) is 3.91.